The standard InChI is InChI=1S/C18H29N5O2/c1-3-19-17(20-9-12-25-2)21-14-15-7-6-8-16(13-15)22-18(24)23-10-4-5-11-23/h6-8,13H,3-5,9-12,14H2,1-2H3,(H,22,24)(H2,19,20,21). The van der Waals surface area contributed by atoms with E-state index >= 15 is 0 Å². The number of ether oxygens (including phenoxy) is 1. The van der Waals surface area contributed by atoms with Crippen molar-refractivity contribution < 1.29 is 9.53 Å². The third kappa shape index (κ3) is 6.62. The number of methoxy groups -OCH3 is 1. The van der Waals surface area contributed by atoms with Crippen LogP contribution in [0.2, 0.25) is 0 Å². The number of aliphatic imine (C=N–C) groups is 1. The number of nitrogens with zero attached hydrogens (tertiary/aromatic N) is 2. The fourth-order valence-corrected chi connectivity index (χ4v) is 2.65. The summed E-state index contributed by atoms with van der Waals surface area (Å²) < 4.78 is 5.04. The van der Waals surface area contributed by atoms with E-state index in [0.717, 1.165) is 49.7 Å². The number of rotatable bonds is 7. The summed E-state index contributed by atoms with van der Waals surface area (Å²) in [4.78, 5) is 18.6. The normalized spacial score (nSPS) is 14.5. The molecule has 0 unspecified atom stereocenters. The smallest absolute Gasteiger partial charge is 0.321 e. The van der Waals surface area contributed by atoms with Gasteiger partial charge in [-0.25, -0.2) is 9.79 Å². The summed E-state index contributed by atoms with van der Waals surface area (Å²) in [5.41, 5.74) is 1.85. The number of carbonyl (C=O) groups is 1. The Bertz CT molecular complexity index is 570. The van der Waals surface area contributed by atoms with Crippen molar-refractivity contribution in [3.05, 3.63) is 29.8 Å². The topological polar surface area (TPSA) is 78.0 Å². The van der Waals surface area contributed by atoms with Crippen LogP contribution in [0.1, 0.15) is 25.3 Å². The molecule has 1 saturated heterocycles. The van der Waals surface area contributed by atoms with Crippen molar-refractivity contribution in [2.45, 2.75) is 26.3 Å². The number of benzene rings is 1. The molecule has 1 aliphatic heterocycles. The first-order valence-corrected chi connectivity index (χ1v) is 8.89. The van der Waals surface area contributed by atoms with E-state index in [1.165, 1.54) is 0 Å². The Balaban J connectivity index is 1.92. The molecule has 7 heteroatoms. The van der Waals surface area contributed by atoms with Gasteiger partial charge in [0.2, 0.25) is 0 Å². The van der Waals surface area contributed by atoms with Gasteiger partial charge in [-0.3, -0.25) is 0 Å². The fraction of sp³-hybridized carbons (Fsp3) is 0.556. The van der Waals surface area contributed by atoms with Crippen molar-refractivity contribution >= 4 is 17.7 Å². The molecule has 0 bridgehead atoms. The minimum atomic E-state index is -0.0206. The Hall–Kier alpha value is -2.28. The number of guanidine groups is 1. The van der Waals surface area contributed by atoms with E-state index in [2.05, 4.69) is 20.9 Å². The summed E-state index contributed by atoms with van der Waals surface area (Å²) in [5, 5.41) is 9.39. The van der Waals surface area contributed by atoms with Crippen LogP contribution in [0.5, 0.6) is 0 Å². The molecule has 1 aromatic rings. The first-order chi connectivity index (χ1) is 12.2. The number of hydrogen-bond donors (Lipinski definition) is 3. The predicted octanol–water partition coefficient (Wildman–Crippen LogP) is 2.02. The fourth-order valence-electron chi connectivity index (χ4n) is 2.65. The first kappa shape index (κ1) is 19.1. The van der Waals surface area contributed by atoms with E-state index in [4.69, 9.17) is 4.74 Å². The summed E-state index contributed by atoms with van der Waals surface area (Å²) in [7, 11) is 1.67. The average molecular weight is 347 g/mol. The second-order valence-electron chi connectivity index (χ2n) is 5.94. The summed E-state index contributed by atoms with van der Waals surface area (Å²) in [6.45, 7) is 6.38. The van der Waals surface area contributed by atoms with Crippen LogP contribution in [-0.2, 0) is 11.3 Å². The van der Waals surface area contributed by atoms with Crippen molar-refractivity contribution in [2.75, 3.05) is 45.2 Å². The van der Waals surface area contributed by atoms with Crippen LogP contribution in [0.3, 0.4) is 0 Å². The van der Waals surface area contributed by atoms with Crippen LogP contribution in [0.4, 0.5) is 10.5 Å². The van der Waals surface area contributed by atoms with Crippen LogP contribution >= 0.6 is 0 Å². The number of carbonyl (C=O) groups excluding carboxylic acids is 1. The van der Waals surface area contributed by atoms with Crippen molar-refractivity contribution in [1.29, 1.82) is 0 Å². The van der Waals surface area contributed by atoms with E-state index in [-0.39, 0.29) is 6.03 Å². The molecule has 138 valence electrons. The molecule has 1 heterocycles. The molecule has 1 fully saturated rings. The number of likely N-dealkylation sites (tertiary alicyclic amines) is 1. The number of urea groups is 1. The maximum atomic E-state index is 12.2. The van der Waals surface area contributed by atoms with Gasteiger partial charge in [0.25, 0.3) is 0 Å². The van der Waals surface area contributed by atoms with Crippen LogP contribution in [-0.4, -0.2) is 56.8 Å². The molecule has 7 nitrogen and oxygen atoms in total. The van der Waals surface area contributed by atoms with E-state index in [0.29, 0.717) is 19.7 Å². The van der Waals surface area contributed by atoms with Gasteiger partial charge in [-0.15, -0.1) is 0 Å². The highest BCUT2D eigenvalue weighted by atomic mass is 16.5. The minimum absolute atomic E-state index is 0.0206. The number of hydrogen-bond acceptors (Lipinski definition) is 3. The van der Waals surface area contributed by atoms with Crippen molar-refractivity contribution in [2.24, 2.45) is 4.99 Å². The molecule has 2 rings (SSSR count). The number of anilines is 1. The second kappa shape index (κ2) is 10.6. The SMILES string of the molecule is CCNC(=NCc1cccc(NC(=O)N2CCCC2)c1)NCCOC. The first-order valence-electron chi connectivity index (χ1n) is 8.89. The van der Waals surface area contributed by atoms with Crippen LogP contribution in [0.25, 0.3) is 0 Å². The third-order valence-electron chi connectivity index (χ3n) is 3.93. The molecular formula is C18H29N5O2. The zero-order chi connectivity index (χ0) is 17.9. The van der Waals surface area contributed by atoms with Gasteiger partial charge in [0, 0.05) is 39.0 Å². The van der Waals surface area contributed by atoms with E-state index in [1.807, 2.05) is 36.1 Å². The van der Waals surface area contributed by atoms with Crippen LogP contribution in [0, 0.1) is 0 Å². The Morgan fingerprint density at radius 3 is 2.80 bits per heavy atom. The molecule has 1 aliphatic rings. The largest absolute Gasteiger partial charge is 0.383 e. The highest BCUT2D eigenvalue weighted by Gasteiger charge is 2.17. The zero-order valence-electron chi connectivity index (χ0n) is 15.2. The van der Waals surface area contributed by atoms with Crippen molar-refractivity contribution in [3.63, 3.8) is 0 Å². The Morgan fingerprint density at radius 2 is 2.08 bits per heavy atom. The van der Waals surface area contributed by atoms with E-state index < -0.39 is 0 Å². The molecule has 0 aromatic heterocycles. The summed E-state index contributed by atoms with van der Waals surface area (Å²) in [5.74, 6) is 0.756. The van der Waals surface area contributed by atoms with Gasteiger partial charge in [-0.1, -0.05) is 12.1 Å². The minimum Gasteiger partial charge on any atom is -0.383 e. The van der Waals surface area contributed by atoms with Gasteiger partial charge in [0.15, 0.2) is 5.96 Å². The quantitative estimate of drug-likeness (QED) is 0.401. The van der Waals surface area contributed by atoms with Gasteiger partial charge < -0.3 is 25.6 Å². The summed E-state index contributed by atoms with van der Waals surface area (Å²) in [6.07, 6.45) is 2.18. The lowest BCUT2D eigenvalue weighted by Crippen LogP contribution is -2.38. The molecular weight excluding hydrogens is 318 g/mol. The molecule has 2 amide bonds. The lowest BCUT2D eigenvalue weighted by Gasteiger charge is -2.16. The summed E-state index contributed by atoms with van der Waals surface area (Å²) in [6, 6.07) is 7.80. The Morgan fingerprint density at radius 1 is 1.28 bits per heavy atom. The molecule has 3 N–H and O–H groups in total. The predicted molar refractivity (Wildman–Crippen MR) is 101 cm³/mol. The van der Waals surface area contributed by atoms with Gasteiger partial charge in [0.1, 0.15) is 0 Å². The number of amides is 2. The molecule has 1 aromatic carbocycles. The Kier molecular flexibility index (Phi) is 8.04. The molecule has 0 spiro atoms. The highest BCUT2D eigenvalue weighted by Crippen LogP contribution is 2.14. The molecule has 0 atom stereocenters. The third-order valence-corrected chi connectivity index (χ3v) is 3.93. The maximum absolute atomic E-state index is 12.2. The van der Waals surface area contributed by atoms with E-state index in [1.54, 1.807) is 7.11 Å². The molecule has 0 saturated carbocycles. The molecule has 25 heavy (non-hydrogen) atoms. The zero-order valence-corrected chi connectivity index (χ0v) is 15.2. The van der Waals surface area contributed by atoms with Gasteiger partial charge in [0.05, 0.1) is 13.2 Å². The van der Waals surface area contributed by atoms with E-state index in [9.17, 15) is 4.79 Å². The average Bonchev–Trinajstić information content (AvgIpc) is 3.15. The van der Waals surface area contributed by atoms with Crippen LogP contribution < -0.4 is 16.0 Å². The van der Waals surface area contributed by atoms with Gasteiger partial charge >= 0.3 is 6.03 Å². The van der Waals surface area contributed by atoms with Gasteiger partial charge in [-0.2, -0.15) is 0 Å². The van der Waals surface area contributed by atoms with Crippen LogP contribution in [0.15, 0.2) is 29.3 Å². The number of nitrogens with one attached hydrogen (secondary N) is 3. The van der Waals surface area contributed by atoms with Crippen molar-refractivity contribution in [3.8, 4) is 0 Å². The monoisotopic (exact) mass is 347 g/mol. The summed E-state index contributed by atoms with van der Waals surface area (Å²) >= 11 is 0. The Labute approximate surface area is 149 Å². The van der Waals surface area contributed by atoms with Crippen molar-refractivity contribution in [1.82, 2.24) is 15.5 Å². The maximum Gasteiger partial charge on any atom is 0.321 e. The van der Waals surface area contributed by atoms with Gasteiger partial charge in [-0.05, 0) is 37.5 Å². The molecule has 0 aliphatic carbocycles. The highest BCUT2D eigenvalue weighted by molar-refractivity contribution is 5.89. The lowest BCUT2D eigenvalue weighted by atomic mass is 10.2. The second-order valence-corrected chi connectivity index (χ2v) is 5.94. The molecule has 0 radical (unpaired) electrons. The lowest BCUT2D eigenvalue weighted by molar-refractivity contribution is 0.203.